The maximum absolute atomic E-state index is 9.39. The van der Waals surface area contributed by atoms with Gasteiger partial charge in [0.1, 0.15) is 33.5 Å². The summed E-state index contributed by atoms with van der Waals surface area (Å²) < 4.78 is 236. The molecule has 137 heavy (non-hydrogen) atoms. The van der Waals surface area contributed by atoms with Gasteiger partial charge >= 0.3 is 0 Å². The highest BCUT2D eigenvalue weighted by Gasteiger charge is 2.37. The van der Waals surface area contributed by atoms with Crippen molar-refractivity contribution in [2.45, 2.75) is 38.5 Å². The molecule has 2 aliphatic rings. The maximum atomic E-state index is 9.39. The van der Waals surface area contributed by atoms with E-state index in [4.69, 9.17) is 29.7 Å². The number of fused-ring (bicyclic) bond motifs is 24. The third kappa shape index (κ3) is 12.6. The molecule has 0 saturated carbocycles. The van der Waals surface area contributed by atoms with Crippen molar-refractivity contribution in [3.63, 3.8) is 0 Å². The van der Waals surface area contributed by atoms with Crippen LogP contribution in [0.3, 0.4) is 0 Å². The van der Waals surface area contributed by atoms with Crippen LogP contribution in [0.2, 0.25) is 0 Å². The van der Waals surface area contributed by atoms with Crippen LogP contribution in [0.5, 0.6) is 0 Å². The average Bonchev–Trinajstić information content (AvgIpc) is 1.09. The van der Waals surface area contributed by atoms with Crippen LogP contribution < -0.4 is 0 Å². The van der Waals surface area contributed by atoms with Gasteiger partial charge in [0.25, 0.3) is 0 Å². The van der Waals surface area contributed by atoms with Crippen molar-refractivity contribution in [3.05, 3.63) is 483 Å². The molecule has 3 nitrogen and oxygen atoms in total. The summed E-state index contributed by atoms with van der Waals surface area (Å²) >= 11 is 0. The molecule has 0 atom stereocenters. The Morgan fingerprint density at radius 3 is 0.854 bits per heavy atom. The zero-order valence-corrected chi connectivity index (χ0v) is 74.2. The van der Waals surface area contributed by atoms with Gasteiger partial charge in [-0.3, -0.25) is 0 Å². The molecule has 3 heterocycles. The first-order valence-electron chi connectivity index (χ1n) is 57.7. The molecule has 0 bridgehead atoms. The van der Waals surface area contributed by atoms with Crippen LogP contribution in [-0.2, 0) is 10.8 Å². The van der Waals surface area contributed by atoms with Crippen molar-refractivity contribution >= 4 is 152 Å². The lowest BCUT2D eigenvalue weighted by atomic mass is 9.82. The van der Waals surface area contributed by atoms with E-state index in [0.717, 1.165) is 81.7 Å². The zero-order valence-electron chi connectivity index (χ0n) is 98.2. The number of hydrogen-bond donors (Lipinski definition) is 0. The first kappa shape index (κ1) is 58.6. The van der Waals surface area contributed by atoms with Crippen LogP contribution in [0.1, 0.15) is 82.8 Å². The van der Waals surface area contributed by atoms with Gasteiger partial charge in [-0.25, -0.2) is 0 Å². The lowest BCUT2D eigenvalue weighted by Crippen LogP contribution is -2.14. The van der Waals surface area contributed by atoms with Gasteiger partial charge < -0.3 is 13.3 Å². The summed E-state index contributed by atoms with van der Waals surface area (Å²) in [6, 6.07) is 93.5. The van der Waals surface area contributed by atoms with E-state index in [2.05, 4.69) is 113 Å². The van der Waals surface area contributed by atoms with Gasteiger partial charge in [0.15, 0.2) is 0 Å². The summed E-state index contributed by atoms with van der Waals surface area (Å²) in [5.41, 5.74) is 22.5. The highest BCUT2D eigenvalue weighted by Crippen LogP contribution is 2.55. The van der Waals surface area contributed by atoms with Crippen molar-refractivity contribution in [2.24, 2.45) is 0 Å². The Bertz CT molecular complexity index is 11100. The molecule has 3 heteroatoms. The fourth-order valence-corrected chi connectivity index (χ4v) is 22.0. The first-order valence-corrected chi connectivity index (χ1v) is 45.7. The van der Waals surface area contributed by atoms with E-state index in [-0.39, 0.29) is 148 Å². The van der Waals surface area contributed by atoms with E-state index in [1.165, 1.54) is 38.9 Å². The molecule has 0 spiro atoms. The number of rotatable bonds is 8. The lowest BCUT2D eigenvalue weighted by Gasteiger charge is -2.21. The first-order chi connectivity index (χ1) is 77.4. The van der Waals surface area contributed by atoms with Crippen LogP contribution in [0.4, 0.5) is 0 Å². The summed E-state index contributed by atoms with van der Waals surface area (Å²) in [4.78, 5) is 0. The third-order valence-electron chi connectivity index (χ3n) is 28.3. The Labute approximate surface area is 826 Å². The molecule has 0 N–H and O–H groups in total. The minimum atomic E-state index is -0.431. The molecule has 0 unspecified atom stereocenters. The standard InChI is InChI=1S/2C47H32O.C40H24O/c1-47(2)41-20-9-7-14-33(41)39-27-30(22-24-42(39)47)29-12-11-13-31(26-29)45-35-16-3-5-18-37(35)46(38-19-6-4-17-36(38)45)32-23-25-44-40(28-32)34-15-8-10-21-43(34)48-44;1-47(2)41-17-9-7-11-33(41)39-27-31(23-25-42(39)47)29-19-21-30(22-20-29)45-35-13-3-5-15-37(35)46(38-16-6-4-14-36(38)45)32-24-26-44-40(28-32)34-12-8-10-18-43(34)48-44;1-2-11-27-25(10-1)20-22-29-28(27)17-9-18-31(29)40-34-15-5-3-13-32(34)39(33-14-4-6-16-35(33)40)26-21-23-38-36(24-26)30-12-7-8-19-37(30)41-38/h2*3-28H,1-2H3;1-24H/i3D,4D,5D,6D,16D,17D,18D,19D;2*3D,4D,5D,6D,13D,14D,15D,16D. The molecule has 0 saturated heterocycles. The van der Waals surface area contributed by atoms with Gasteiger partial charge in [-0.05, 0) is 292 Å². The molecular formula is C134H88O3. The van der Waals surface area contributed by atoms with E-state index >= 15 is 0 Å². The van der Waals surface area contributed by atoms with Gasteiger partial charge in [0.05, 0.1) is 32.9 Å². The second kappa shape index (κ2) is 31.2. The summed E-state index contributed by atoms with van der Waals surface area (Å²) in [6.45, 7) is 8.95. The Morgan fingerprint density at radius 2 is 0.438 bits per heavy atom. The van der Waals surface area contributed by atoms with Crippen LogP contribution >= 0.6 is 0 Å². The smallest absolute Gasteiger partial charge is 0.135 e. The monoisotopic (exact) mass is 1770 g/mol. The molecule has 2 aliphatic carbocycles. The predicted octanol–water partition coefficient (Wildman–Crippen LogP) is 37.9. The summed E-state index contributed by atoms with van der Waals surface area (Å²) in [6.07, 6.45) is 0. The fraction of sp³-hybridized carbons (Fsp3) is 0.0448. The van der Waals surface area contributed by atoms with E-state index in [1.54, 1.807) is 36.4 Å². The molecular weight excluding hydrogens is 1660 g/mol. The van der Waals surface area contributed by atoms with Crippen molar-refractivity contribution in [2.75, 3.05) is 0 Å². The van der Waals surface area contributed by atoms with Crippen LogP contribution in [0, 0.1) is 0 Å². The van der Waals surface area contributed by atoms with Crippen LogP contribution in [-0.4, -0.2) is 0 Å². The fourth-order valence-electron chi connectivity index (χ4n) is 22.0. The molecule has 3 aromatic heterocycles. The zero-order chi connectivity index (χ0) is 112. The molecule has 0 amide bonds. The number of furan rings is 3. The number of hydrogen-bond acceptors (Lipinski definition) is 3. The van der Waals surface area contributed by atoms with Crippen molar-refractivity contribution in [1.82, 2.24) is 0 Å². The van der Waals surface area contributed by atoms with Gasteiger partial charge in [0, 0.05) is 43.1 Å². The van der Waals surface area contributed by atoms with Crippen LogP contribution in [0.15, 0.2) is 474 Å². The number of para-hydroxylation sites is 3. The summed E-state index contributed by atoms with van der Waals surface area (Å²) in [7, 11) is 0. The van der Waals surface area contributed by atoms with E-state index in [9.17, 15) is 16.4 Å². The largest absolute Gasteiger partial charge is 0.456 e. The quantitative estimate of drug-likeness (QED) is 0.112. The minimum Gasteiger partial charge on any atom is -0.456 e. The third-order valence-corrected chi connectivity index (χ3v) is 28.3. The Morgan fingerprint density at radius 1 is 0.161 bits per heavy atom. The SMILES string of the molecule is [2H]c1c([2H])c([2H])c2c(-c3ccc4oc5ccccc5c4c3)c3c([2H])c([2H])c([2H])c([2H])c3c(-c3ccc(-c4ccc5c(c4)-c4ccccc4C5(C)C)cc3)c2c1[2H].[2H]c1c([2H])c([2H])c2c(-c3ccc4oc5ccccc5c4c3)c3c([2H])c([2H])c([2H])c([2H])c3c(-c3cccc(-c4ccc5c(c4)-c4ccccc4C5(C)C)c3)c2c1[2H].[2H]c1c([2H])c([2H])c2c(-c3cccc4c3ccc3ccccc34)c3c([2H])c([2H])c([2H])c([2H])c3c(-c3ccc4oc5ccccc5c4c3)c2c1[2H]. The number of benzene rings is 24. The second-order valence-corrected chi connectivity index (χ2v) is 36.4. The topological polar surface area (TPSA) is 39.4 Å². The van der Waals surface area contributed by atoms with E-state index in [1.807, 2.05) is 194 Å². The van der Waals surface area contributed by atoms with Crippen molar-refractivity contribution < 1.29 is 46.1 Å². The predicted molar refractivity (Wildman–Crippen MR) is 580 cm³/mol. The molecule has 642 valence electrons. The minimum absolute atomic E-state index is 0.124. The van der Waals surface area contributed by atoms with Crippen molar-refractivity contribution in [3.8, 4) is 111 Å². The van der Waals surface area contributed by atoms with E-state index < -0.39 is 72.5 Å². The van der Waals surface area contributed by atoms with E-state index in [0.29, 0.717) is 100 Å². The highest BCUT2D eigenvalue weighted by atomic mass is 16.3. The van der Waals surface area contributed by atoms with Crippen LogP contribution in [0.25, 0.3) is 263 Å². The normalized spacial score (nSPS) is 15.4. The van der Waals surface area contributed by atoms with Gasteiger partial charge in [0.2, 0.25) is 0 Å². The molecule has 0 fully saturated rings. The summed E-state index contributed by atoms with van der Waals surface area (Å²) in [5, 5.41) is 10.8. The average molecular weight is 1770 g/mol. The molecule has 27 aromatic rings. The molecule has 29 rings (SSSR count). The lowest BCUT2D eigenvalue weighted by molar-refractivity contribution is 0.660. The Balaban J connectivity index is 0.000000117. The van der Waals surface area contributed by atoms with Crippen molar-refractivity contribution in [1.29, 1.82) is 0 Å². The molecule has 24 aromatic carbocycles. The maximum Gasteiger partial charge on any atom is 0.135 e. The Kier molecular flexibility index (Phi) is 13.3. The van der Waals surface area contributed by atoms with Gasteiger partial charge in [-0.1, -0.05) is 415 Å². The second-order valence-electron chi connectivity index (χ2n) is 36.4. The highest BCUT2D eigenvalue weighted by molar-refractivity contribution is 6.28. The molecule has 0 aliphatic heterocycles. The van der Waals surface area contributed by atoms with Gasteiger partial charge in [-0.15, -0.1) is 0 Å². The van der Waals surface area contributed by atoms with Gasteiger partial charge in [-0.2, -0.15) is 0 Å². The Hall–Kier alpha value is -17.2. The summed E-state index contributed by atoms with van der Waals surface area (Å²) in [5.74, 6) is 0. The molecule has 0 radical (unpaired) electrons.